The first-order chi connectivity index (χ1) is 7.40. The second-order valence-electron chi connectivity index (χ2n) is 4.07. The van der Waals surface area contributed by atoms with Crippen molar-refractivity contribution in [3.63, 3.8) is 0 Å². The second-order valence-corrected chi connectivity index (χ2v) is 4.07. The minimum absolute atomic E-state index is 0.593. The van der Waals surface area contributed by atoms with Gasteiger partial charge in [0.25, 0.3) is 0 Å². The monoisotopic (exact) mass is 202 g/mol. The molecule has 15 heavy (non-hydrogen) atoms. The van der Waals surface area contributed by atoms with Crippen LogP contribution in [0.15, 0.2) is 24.3 Å². The van der Waals surface area contributed by atoms with E-state index in [1.807, 2.05) is 12.1 Å². The first-order valence-electron chi connectivity index (χ1n) is 5.52. The van der Waals surface area contributed by atoms with Crippen LogP contribution in [-0.4, -0.2) is 30.8 Å². The number of aldehydes is 1. The van der Waals surface area contributed by atoms with Crippen LogP contribution in [-0.2, 0) is 4.79 Å². The van der Waals surface area contributed by atoms with Gasteiger partial charge in [-0.15, -0.1) is 0 Å². The molecule has 1 aliphatic heterocycles. The van der Waals surface area contributed by atoms with Crippen LogP contribution in [0, 0.1) is 6.07 Å². The number of rotatable bonds is 3. The highest BCUT2D eigenvalue weighted by atomic mass is 16.1. The van der Waals surface area contributed by atoms with Gasteiger partial charge in [0.05, 0.1) is 6.54 Å². The number of carbonyl (C=O) groups excluding carboxylic acids is 1. The molecule has 1 aromatic rings. The Kier molecular flexibility index (Phi) is 3.51. The number of hydrogen-bond donors (Lipinski definition) is 0. The normalized spacial score (nSPS) is 18.9. The van der Waals surface area contributed by atoms with Gasteiger partial charge in [0.1, 0.15) is 6.29 Å². The van der Waals surface area contributed by atoms with Gasteiger partial charge in [0, 0.05) is 0 Å². The van der Waals surface area contributed by atoms with Gasteiger partial charge in [-0.05, 0) is 43.5 Å². The van der Waals surface area contributed by atoms with Crippen molar-refractivity contribution in [2.45, 2.75) is 18.8 Å². The standard InChI is InChI=1S/C13H16NO/c15-11-10-14-8-6-13(7-9-14)12-4-2-1-3-5-12/h2-5,11,13H,6-10H2. The average molecular weight is 202 g/mol. The summed E-state index contributed by atoms with van der Waals surface area (Å²) in [5.41, 5.74) is 1.42. The molecule has 0 spiro atoms. The third-order valence-electron chi connectivity index (χ3n) is 3.14. The molecule has 1 radical (unpaired) electrons. The zero-order valence-corrected chi connectivity index (χ0v) is 8.86. The highest BCUT2D eigenvalue weighted by Crippen LogP contribution is 2.27. The summed E-state index contributed by atoms with van der Waals surface area (Å²) in [7, 11) is 0. The highest BCUT2D eigenvalue weighted by Gasteiger charge is 2.19. The molecule has 1 aliphatic rings. The molecule has 0 N–H and O–H groups in total. The van der Waals surface area contributed by atoms with Crippen molar-refractivity contribution in [1.29, 1.82) is 0 Å². The van der Waals surface area contributed by atoms with Crippen LogP contribution >= 0.6 is 0 Å². The molecule has 0 unspecified atom stereocenters. The second kappa shape index (κ2) is 5.08. The largest absolute Gasteiger partial charge is 0.302 e. The Morgan fingerprint density at radius 1 is 1.33 bits per heavy atom. The van der Waals surface area contributed by atoms with Crippen molar-refractivity contribution in [1.82, 2.24) is 4.90 Å². The fourth-order valence-corrected chi connectivity index (χ4v) is 2.23. The van der Waals surface area contributed by atoms with Crippen molar-refractivity contribution in [2.24, 2.45) is 0 Å². The van der Waals surface area contributed by atoms with Crippen molar-refractivity contribution < 1.29 is 4.79 Å². The van der Waals surface area contributed by atoms with Crippen molar-refractivity contribution in [3.05, 3.63) is 35.9 Å². The van der Waals surface area contributed by atoms with Crippen LogP contribution in [0.1, 0.15) is 24.3 Å². The number of carbonyl (C=O) groups is 1. The van der Waals surface area contributed by atoms with Crippen LogP contribution < -0.4 is 0 Å². The first kappa shape index (κ1) is 10.4. The van der Waals surface area contributed by atoms with Crippen molar-refractivity contribution in [2.75, 3.05) is 19.6 Å². The summed E-state index contributed by atoms with van der Waals surface area (Å²) in [6, 6.07) is 11.3. The van der Waals surface area contributed by atoms with Gasteiger partial charge in [-0.25, -0.2) is 0 Å². The lowest BCUT2D eigenvalue weighted by Gasteiger charge is -2.30. The van der Waals surface area contributed by atoms with Crippen LogP contribution in [0.25, 0.3) is 0 Å². The van der Waals surface area contributed by atoms with Crippen molar-refractivity contribution in [3.8, 4) is 0 Å². The molecule has 2 heteroatoms. The Morgan fingerprint density at radius 2 is 2.00 bits per heavy atom. The van der Waals surface area contributed by atoms with E-state index in [4.69, 9.17) is 0 Å². The lowest BCUT2D eigenvalue weighted by atomic mass is 9.89. The summed E-state index contributed by atoms with van der Waals surface area (Å²) in [4.78, 5) is 12.6. The topological polar surface area (TPSA) is 20.3 Å². The van der Waals surface area contributed by atoms with E-state index in [1.54, 1.807) is 0 Å². The van der Waals surface area contributed by atoms with E-state index in [9.17, 15) is 4.79 Å². The van der Waals surface area contributed by atoms with Crippen LogP contribution in [0.5, 0.6) is 0 Å². The van der Waals surface area contributed by atoms with E-state index in [1.165, 1.54) is 5.56 Å². The van der Waals surface area contributed by atoms with E-state index in [-0.39, 0.29) is 0 Å². The minimum atomic E-state index is 0.593. The molecule has 1 saturated heterocycles. The maximum absolute atomic E-state index is 10.4. The molecule has 0 saturated carbocycles. The molecule has 2 nitrogen and oxygen atoms in total. The highest BCUT2D eigenvalue weighted by molar-refractivity contribution is 5.52. The molecule has 0 amide bonds. The predicted molar refractivity (Wildman–Crippen MR) is 59.8 cm³/mol. The Morgan fingerprint density at radius 3 is 2.60 bits per heavy atom. The van der Waals surface area contributed by atoms with E-state index in [0.717, 1.165) is 32.2 Å². The van der Waals surface area contributed by atoms with Gasteiger partial charge in [-0.3, -0.25) is 4.90 Å². The van der Waals surface area contributed by atoms with Gasteiger partial charge in [-0.1, -0.05) is 24.3 Å². The van der Waals surface area contributed by atoms with E-state index in [2.05, 4.69) is 23.1 Å². The zero-order chi connectivity index (χ0) is 10.5. The van der Waals surface area contributed by atoms with Crippen LogP contribution in [0.3, 0.4) is 0 Å². The Bertz CT molecular complexity index is 302. The molecule has 1 aromatic carbocycles. The summed E-state index contributed by atoms with van der Waals surface area (Å²) >= 11 is 0. The van der Waals surface area contributed by atoms with Gasteiger partial charge in [0.15, 0.2) is 0 Å². The number of hydrogen-bond acceptors (Lipinski definition) is 2. The molecule has 0 bridgehead atoms. The van der Waals surface area contributed by atoms with E-state index >= 15 is 0 Å². The molecular formula is C13H16NO. The fourth-order valence-electron chi connectivity index (χ4n) is 2.23. The summed E-state index contributed by atoms with van der Waals surface area (Å²) in [6.45, 7) is 2.68. The third kappa shape index (κ3) is 2.66. The van der Waals surface area contributed by atoms with Crippen LogP contribution in [0.4, 0.5) is 0 Å². The van der Waals surface area contributed by atoms with Gasteiger partial charge < -0.3 is 4.79 Å². The van der Waals surface area contributed by atoms with Gasteiger partial charge in [-0.2, -0.15) is 0 Å². The molecule has 0 aliphatic carbocycles. The maximum Gasteiger partial charge on any atom is 0.133 e. The Labute approximate surface area is 90.9 Å². The van der Waals surface area contributed by atoms with E-state index < -0.39 is 0 Å². The molecule has 2 rings (SSSR count). The first-order valence-corrected chi connectivity index (χ1v) is 5.52. The number of piperidine rings is 1. The Hall–Kier alpha value is -1.15. The molecule has 1 fully saturated rings. The van der Waals surface area contributed by atoms with Gasteiger partial charge in [0.2, 0.25) is 0 Å². The molecular weight excluding hydrogens is 186 g/mol. The number of benzene rings is 1. The van der Waals surface area contributed by atoms with Gasteiger partial charge >= 0.3 is 0 Å². The van der Waals surface area contributed by atoms with Crippen molar-refractivity contribution >= 4 is 6.29 Å². The fraction of sp³-hybridized carbons (Fsp3) is 0.462. The van der Waals surface area contributed by atoms with Crippen LogP contribution in [0.2, 0.25) is 0 Å². The summed E-state index contributed by atoms with van der Waals surface area (Å²) in [6.07, 6.45) is 3.33. The average Bonchev–Trinajstić information content (AvgIpc) is 2.32. The maximum atomic E-state index is 10.4. The van der Waals surface area contributed by atoms with E-state index in [0.29, 0.717) is 12.5 Å². The molecule has 1 heterocycles. The smallest absolute Gasteiger partial charge is 0.133 e. The zero-order valence-electron chi connectivity index (χ0n) is 8.86. The third-order valence-corrected chi connectivity index (χ3v) is 3.14. The summed E-state index contributed by atoms with van der Waals surface area (Å²) < 4.78 is 0. The quantitative estimate of drug-likeness (QED) is 0.697. The Balaban J connectivity index is 1.91. The molecule has 0 atom stereocenters. The molecule has 79 valence electrons. The predicted octanol–water partition coefficient (Wildman–Crippen LogP) is 1.87. The lowest BCUT2D eigenvalue weighted by molar-refractivity contribution is -0.109. The summed E-state index contributed by atoms with van der Waals surface area (Å²) in [5, 5.41) is 0. The SMILES string of the molecule is O=CCN1CCC(c2cc[c]cc2)CC1. The number of nitrogens with zero attached hydrogens (tertiary/aromatic N) is 1. The number of likely N-dealkylation sites (tertiary alicyclic amines) is 1. The minimum Gasteiger partial charge on any atom is -0.302 e. The summed E-state index contributed by atoms with van der Waals surface area (Å²) in [5.74, 6) is 0.669. The lowest BCUT2D eigenvalue weighted by Crippen LogP contribution is -2.34. The molecule has 0 aromatic heterocycles.